The number of hydrogen-bond acceptors (Lipinski definition) is 5. The fraction of sp³-hybridized carbons (Fsp3) is 0.643. The van der Waals surface area contributed by atoms with Gasteiger partial charge >= 0.3 is 0 Å². The lowest BCUT2D eigenvalue weighted by atomic mass is 9.83. The Morgan fingerprint density at radius 2 is 1.65 bits per heavy atom. The van der Waals surface area contributed by atoms with Crippen molar-refractivity contribution in [2.45, 2.75) is 27.2 Å². The maximum atomic E-state index is 8.76. The molecule has 0 fully saturated rings. The molecule has 0 radical (unpaired) electrons. The zero-order valence-electron chi connectivity index (χ0n) is 12.3. The number of allylic oxidation sites excluding steroid dienone is 1. The second kappa shape index (κ2) is 9.15. The highest BCUT2D eigenvalue weighted by Gasteiger charge is 2.33. The van der Waals surface area contributed by atoms with E-state index >= 15 is 0 Å². The Kier molecular flexibility index (Phi) is 8.32. The molecule has 20 heavy (non-hydrogen) atoms. The summed E-state index contributed by atoms with van der Waals surface area (Å²) < 4.78 is 0. The van der Waals surface area contributed by atoms with Crippen LogP contribution in [-0.2, 0) is 12.6 Å². The van der Waals surface area contributed by atoms with Gasteiger partial charge < -0.3 is 22.8 Å². The molecule has 0 saturated carbocycles. The Balaban J connectivity index is 0.000000441. The summed E-state index contributed by atoms with van der Waals surface area (Å²) in [7, 11) is 0. The summed E-state index contributed by atoms with van der Waals surface area (Å²) >= 11 is 4.84. The molecule has 0 saturated heterocycles. The van der Waals surface area contributed by atoms with Gasteiger partial charge in [0.15, 0.2) is 5.41 Å². The molecule has 108 valence electrons. The van der Waals surface area contributed by atoms with Crippen LogP contribution in [0.4, 0.5) is 0 Å². The van der Waals surface area contributed by atoms with Crippen molar-refractivity contribution in [3.63, 3.8) is 0 Å². The Hall–Kier alpha value is -1.81. The zero-order chi connectivity index (χ0) is 15.6. The van der Waals surface area contributed by atoms with Crippen LogP contribution in [-0.4, -0.2) is 26.2 Å². The van der Waals surface area contributed by atoms with Crippen LogP contribution < -0.4 is 10.2 Å². The Morgan fingerprint density at radius 1 is 1.15 bits per heavy atom. The molecule has 0 atom stereocenters. The Bertz CT molecular complexity index is 440. The maximum absolute atomic E-state index is 8.76. The number of quaternary nitrogens is 1. The van der Waals surface area contributed by atoms with Gasteiger partial charge in [0.2, 0.25) is 0 Å². The predicted octanol–water partition coefficient (Wildman–Crippen LogP) is 0.226. The first-order valence-corrected chi connectivity index (χ1v) is 7.13. The van der Waals surface area contributed by atoms with Crippen LogP contribution in [0.15, 0.2) is 10.6 Å². The van der Waals surface area contributed by atoms with Crippen molar-refractivity contribution in [3.8, 4) is 18.2 Å². The standard InChI is InChI=1S/C8H6N4S.C6H15N/c9-2-6-1-8(3-10,4-11)5-12-7(6)13;1-4-7(5-2)6-3/h12-13H,1,5H2;4-6H2,1-3H3. The summed E-state index contributed by atoms with van der Waals surface area (Å²) in [6, 6.07) is 5.68. The smallest absolute Gasteiger partial charge is 0.165 e. The van der Waals surface area contributed by atoms with E-state index in [2.05, 4.69) is 26.1 Å². The molecule has 0 aromatic rings. The summed E-state index contributed by atoms with van der Waals surface area (Å²) in [6.07, 6.45) is 0.127. The van der Waals surface area contributed by atoms with E-state index in [0.29, 0.717) is 10.6 Å². The average Bonchev–Trinajstić information content (AvgIpc) is 2.51. The van der Waals surface area contributed by atoms with E-state index < -0.39 is 5.41 Å². The minimum Gasteiger partial charge on any atom is -0.762 e. The van der Waals surface area contributed by atoms with Gasteiger partial charge in [-0.2, -0.15) is 15.8 Å². The van der Waals surface area contributed by atoms with Gasteiger partial charge in [0.25, 0.3) is 0 Å². The molecule has 0 aromatic carbocycles. The van der Waals surface area contributed by atoms with Crippen LogP contribution in [0.3, 0.4) is 0 Å². The predicted molar refractivity (Wildman–Crippen MR) is 78.9 cm³/mol. The number of nitrogens with zero attached hydrogens (tertiary/aromatic N) is 3. The third-order valence-corrected chi connectivity index (χ3v) is 3.76. The van der Waals surface area contributed by atoms with Crippen LogP contribution in [0, 0.1) is 39.4 Å². The van der Waals surface area contributed by atoms with Gasteiger partial charge in [-0.25, -0.2) is 0 Å². The molecule has 0 aromatic heterocycles. The quantitative estimate of drug-likeness (QED) is 0.727. The van der Waals surface area contributed by atoms with E-state index in [-0.39, 0.29) is 13.0 Å². The van der Waals surface area contributed by atoms with Gasteiger partial charge in [-0.3, -0.25) is 0 Å². The number of rotatable bonds is 3. The van der Waals surface area contributed by atoms with Gasteiger partial charge in [0, 0.05) is 18.5 Å². The van der Waals surface area contributed by atoms with E-state index in [9.17, 15) is 0 Å². The largest absolute Gasteiger partial charge is 0.762 e. The Labute approximate surface area is 126 Å². The molecule has 0 amide bonds. The van der Waals surface area contributed by atoms with E-state index in [1.165, 1.54) is 19.6 Å². The summed E-state index contributed by atoms with van der Waals surface area (Å²) in [6.45, 7) is 10.7. The fourth-order valence-corrected chi connectivity index (χ4v) is 2.00. The summed E-state index contributed by atoms with van der Waals surface area (Å²) in [5, 5.41) is 29.2. The van der Waals surface area contributed by atoms with Crippen molar-refractivity contribution in [1.82, 2.24) is 5.32 Å². The van der Waals surface area contributed by atoms with Crippen LogP contribution in [0.5, 0.6) is 0 Å². The van der Waals surface area contributed by atoms with E-state index in [1.807, 2.05) is 18.2 Å². The number of nitrogens with one attached hydrogen (secondary N) is 2. The van der Waals surface area contributed by atoms with Gasteiger partial charge in [-0.05, 0) is 20.8 Å². The first-order chi connectivity index (χ1) is 9.52. The Morgan fingerprint density at radius 3 is 1.95 bits per heavy atom. The van der Waals surface area contributed by atoms with E-state index in [4.69, 9.17) is 28.4 Å². The SMILES string of the molecule is CC[NH+](CC)CC.N#CC1=C([S-])NCC(C#N)(C#N)C1. The molecule has 1 heterocycles. The zero-order valence-corrected chi connectivity index (χ0v) is 13.1. The third kappa shape index (κ3) is 5.05. The minimum atomic E-state index is -1.13. The van der Waals surface area contributed by atoms with Crippen LogP contribution in [0.1, 0.15) is 27.2 Å². The van der Waals surface area contributed by atoms with Crippen molar-refractivity contribution < 1.29 is 4.90 Å². The summed E-state index contributed by atoms with van der Waals surface area (Å²) in [5.74, 6) is 0. The molecular formula is C14H21N5S. The molecule has 0 unspecified atom stereocenters. The molecule has 5 nitrogen and oxygen atoms in total. The fourth-order valence-electron chi connectivity index (χ4n) is 1.81. The van der Waals surface area contributed by atoms with Gasteiger partial charge in [0.05, 0.1) is 37.8 Å². The van der Waals surface area contributed by atoms with Crippen molar-refractivity contribution in [1.29, 1.82) is 15.8 Å². The topological polar surface area (TPSA) is 87.8 Å². The van der Waals surface area contributed by atoms with Crippen LogP contribution in [0.2, 0.25) is 0 Å². The summed E-state index contributed by atoms with van der Waals surface area (Å²) in [5.41, 5.74) is -0.822. The molecule has 1 aliphatic heterocycles. The van der Waals surface area contributed by atoms with Gasteiger partial charge in [-0.15, -0.1) is 5.03 Å². The van der Waals surface area contributed by atoms with Gasteiger partial charge in [-0.1, -0.05) is 0 Å². The first kappa shape index (κ1) is 18.2. The average molecular weight is 291 g/mol. The lowest BCUT2D eigenvalue weighted by Gasteiger charge is -2.30. The molecular weight excluding hydrogens is 270 g/mol. The molecule has 0 bridgehead atoms. The normalized spacial score (nSPS) is 16.1. The maximum Gasteiger partial charge on any atom is 0.165 e. The van der Waals surface area contributed by atoms with Gasteiger partial charge in [0.1, 0.15) is 0 Å². The molecule has 2 N–H and O–H groups in total. The molecule has 0 aliphatic carbocycles. The molecule has 1 aliphatic rings. The lowest BCUT2D eigenvalue weighted by Crippen LogP contribution is -3.11. The third-order valence-electron chi connectivity index (χ3n) is 3.37. The van der Waals surface area contributed by atoms with Crippen LogP contribution >= 0.6 is 0 Å². The van der Waals surface area contributed by atoms with Crippen LogP contribution in [0.25, 0.3) is 0 Å². The monoisotopic (exact) mass is 291 g/mol. The number of nitriles is 3. The lowest BCUT2D eigenvalue weighted by molar-refractivity contribution is -0.894. The molecule has 6 heteroatoms. The second-order valence-corrected chi connectivity index (χ2v) is 4.97. The van der Waals surface area contributed by atoms with Crippen molar-refractivity contribution in [3.05, 3.63) is 10.6 Å². The van der Waals surface area contributed by atoms with Crippen molar-refractivity contribution in [2.24, 2.45) is 5.41 Å². The minimum absolute atomic E-state index is 0.127. The van der Waals surface area contributed by atoms with E-state index in [1.54, 1.807) is 4.90 Å². The van der Waals surface area contributed by atoms with E-state index in [0.717, 1.165) is 0 Å². The molecule has 0 spiro atoms. The highest BCUT2D eigenvalue weighted by molar-refractivity contribution is 7.63. The highest BCUT2D eigenvalue weighted by Crippen LogP contribution is 2.28. The second-order valence-electron chi connectivity index (χ2n) is 4.57. The van der Waals surface area contributed by atoms with Crippen molar-refractivity contribution in [2.75, 3.05) is 26.2 Å². The first-order valence-electron chi connectivity index (χ1n) is 6.72. The highest BCUT2D eigenvalue weighted by atomic mass is 32.1. The number of hydrogen-bond donors (Lipinski definition) is 2. The summed E-state index contributed by atoms with van der Waals surface area (Å²) in [4.78, 5) is 1.68. The van der Waals surface area contributed by atoms with Crippen molar-refractivity contribution >= 4 is 12.6 Å². The molecule has 1 rings (SSSR count).